The number of aromatic nitrogens is 4. The molecule has 1 spiro atoms. The molecule has 0 bridgehead atoms. The van der Waals surface area contributed by atoms with Gasteiger partial charge in [0.05, 0.1) is 5.41 Å². The van der Waals surface area contributed by atoms with E-state index in [0.717, 1.165) is 38.6 Å². The highest BCUT2D eigenvalue weighted by atomic mass is 15.3. The van der Waals surface area contributed by atoms with Gasteiger partial charge in [0.1, 0.15) is 0 Å². The normalized spacial score (nSPS) is 16.6. The largest absolute Gasteiger partial charge is 0.423 e. The molecule has 14 rings (SSSR count). The number of benzene rings is 6. The van der Waals surface area contributed by atoms with E-state index in [1.54, 1.807) is 0 Å². The van der Waals surface area contributed by atoms with E-state index in [9.17, 15) is 0 Å². The van der Waals surface area contributed by atoms with Gasteiger partial charge in [-0.05, 0) is 115 Å². The Labute approximate surface area is 378 Å². The van der Waals surface area contributed by atoms with Crippen LogP contribution in [0.5, 0.6) is 0 Å². The molecule has 6 aliphatic rings. The van der Waals surface area contributed by atoms with Crippen molar-refractivity contribution >= 4 is 42.9 Å². The number of fused-ring (bicyclic) bond motifs is 17. The van der Waals surface area contributed by atoms with Crippen LogP contribution in [-0.4, -0.2) is 55.0 Å². The Morgan fingerprint density at radius 3 is 1.92 bits per heavy atom. The van der Waals surface area contributed by atoms with E-state index in [4.69, 9.17) is 15.0 Å². The number of rotatable bonds is 4. The zero-order valence-electron chi connectivity index (χ0n) is 35.1. The molecule has 2 aromatic heterocycles. The molecule has 0 N–H and O–H groups in total. The summed E-state index contributed by atoms with van der Waals surface area (Å²) >= 11 is 0. The molecule has 1 saturated heterocycles. The highest BCUT2D eigenvalue weighted by Crippen LogP contribution is 2.64. The molecule has 0 amide bonds. The summed E-state index contributed by atoms with van der Waals surface area (Å²) in [4.78, 5) is 20.1. The van der Waals surface area contributed by atoms with Crippen LogP contribution < -0.4 is 0 Å². The maximum absolute atomic E-state index is 5.31. The van der Waals surface area contributed by atoms with Gasteiger partial charge in [0.2, 0.25) is 0 Å². The first-order chi connectivity index (χ1) is 32.2. The van der Waals surface area contributed by atoms with Gasteiger partial charge in [-0.25, -0.2) is 15.0 Å². The Morgan fingerprint density at radius 1 is 0.462 bits per heavy atom. The molecule has 0 atom stereocenters. The van der Waals surface area contributed by atoms with Gasteiger partial charge in [0, 0.05) is 29.1 Å². The van der Waals surface area contributed by atoms with E-state index in [0.29, 0.717) is 17.5 Å². The molecule has 0 radical (unpaired) electrons. The average molecular weight is 827 g/mol. The Morgan fingerprint density at radius 2 is 1.09 bits per heavy atom. The van der Waals surface area contributed by atoms with E-state index < -0.39 is 5.41 Å². The number of hydrogen-bond donors (Lipinski definition) is 0. The van der Waals surface area contributed by atoms with Crippen LogP contribution in [0.15, 0.2) is 224 Å². The summed E-state index contributed by atoms with van der Waals surface area (Å²) in [7, 11) is 0. The molecule has 7 nitrogen and oxygen atoms in total. The summed E-state index contributed by atoms with van der Waals surface area (Å²) in [5.74, 6) is 9.11. The summed E-state index contributed by atoms with van der Waals surface area (Å²) in [5.41, 5.74) is 15.2. The van der Waals surface area contributed by atoms with Gasteiger partial charge in [0.15, 0.2) is 17.5 Å². The average Bonchev–Trinajstić information content (AvgIpc) is 3.85. The molecule has 300 valence electrons. The van der Waals surface area contributed by atoms with Gasteiger partial charge >= 0.3 is 20.9 Å². The van der Waals surface area contributed by atoms with Gasteiger partial charge in [-0.1, -0.05) is 157 Å². The first-order valence-corrected chi connectivity index (χ1v) is 22.3. The molecule has 1 fully saturated rings. The summed E-state index contributed by atoms with van der Waals surface area (Å²) in [6, 6.07) is 54.4. The third-order valence-corrected chi connectivity index (χ3v) is 14.2. The highest BCUT2D eigenvalue weighted by molar-refractivity contribution is 6.92. The second-order valence-electron chi connectivity index (χ2n) is 17.4. The zero-order valence-corrected chi connectivity index (χ0v) is 35.1. The first-order valence-electron chi connectivity index (χ1n) is 22.3. The lowest BCUT2D eigenvalue weighted by molar-refractivity contribution is 0.620. The van der Waals surface area contributed by atoms with Crippen LogP contribution in [0, 0.1) is 0 Å². The van der Waals surface area contributed by atoms with Gasteiger partial charge in [0.25, 0.3) is 0 Å². The van der Waals surface area contributed by atoms with Gasteiger partial charge < -0.3 is 14.2 Å². The Balaban J connectivity index is 0.925. The number of hydrogen-bond acceptors (Lipinski definition) is 7. The molecule has 0 saturated carbocycles. The van der Waals surface area contributed by atoms with Crippen LogP contribution in [-0.2, 0) is 5.41 Å². The zero-order chi connectivity index (χ0) is 42.6. The van der Waals surface area contributed by atoms with Crippen LogP contribution in [0.1, 0.15) is 28.1 Å². The predicted molar refractivity (Wildman–Crippen MR) is 264 cm³/mol. The van der Waals surface area contributed by atoms with Crippen molar-refractivity contribution in [1.29, 1.82) is 0 Å². The van der Waals surface area contributed by atoms with Gasteiger partial charge in [-0.2, -0.15) is 0 Å². The summed E-state index contributed by atoms with van der Waals surface area (Å²) in [6.07, 6.45) is 17.1. The van der Waals surface area contributed by atoms with Crippen LogP contribution >= 0.6 is 0 Å². The van der Waals surface area contributed by atoms with E-state index >= 15 is 0 Å². The van der Waals surface area contributed by atoms with E-state index in [2.05, 4.69) is 213 Å². The highest BCUT2D eigenvalue weighted by Gasteiger charge is 2.58. The molecule has 6 aromatic carbocycles. The molecule has 8 aromatic rings. The fourth-order valence-corrected chi connectivity index (χ4v) is 11.4. The van der Waals surface area contributed by atoms with Crippen molar-refractivity contribution in [1.82, 2.24) is 34.1 Å². The molecule has 4 aliphatic heterocycles. The van der Waals surface area contributed by atoms with Crippen molar-refractivity contribution in [2.75, 3.05) is 0 Å². The maximum atomic E-state index is 5.31. The second kappa shape index (κ2) is 13.9. The second-order valence-corrected chi connectivity index (χ2v) is 17.4. The Bertz CT molecular complexity index is 3470. The standard InChI is InChI=1S/C55H36B3N7/c1-2-17-42-38(13-1)14-12-21-46(42)54-61-52(40-16-11-15-39(33-40)37-25-29-59-30-26-37)60-53(62-54)41-27-32-64-57(34-41)63-31-10-9-28-56(63)65-36-47-45-20-5-8-24-50(45)55(51(47)35-58(64)65)48-22-6-3-18-43(48)44-19-4-7-23-49(44)55/h1-36H. The van der Waals surface area contributed by atoms with Crippen molar-refractivity contribution in [2.24, 2.45) is 0 Å². The molecule has 2 aliphatic carbocycles. The summed E-state index contributed by atoms with van der Waals surface area (Å²) in [5, 5.41) is 2.24. The van der Waals surface area contributed by atoms with Gasteiger partial charge in [-0.15, -0.1) is 0 Å². The van der Waals surface area contributed by atoms with Crippen LogP contribution in [0.2, 0.25) is 0 Å². The molecule has 10 heteroatoms. The van der Waals surface area contributed by atoms with Gasteiger partial charge in [-0.3, -0.25) is 4.98 Å². The number of allylic oxidation sites excluding steroid dienone is 6. The molecule has 65 heavy (non-hydrogen) atoms. The summed E-state index contributed by atoms with van der Waals surface area (Å²) in [6.45, 7) is -0.232. The summed E-state index contributed by atoms with van der Waals surface area (Å²) < 4.78 is 7.45. The Kier molecular flexibility index (Phi) is 7.75. The lowest BCUT2D eigenvalue weighted by atomic mass is 9.40. The monoisotopic (exact) mass is 827 g/mol. The van der Waals surface area contributed by atoms with Crippen molar-refractivity contribution in [2.45, 2.75) is 5.41 Å². The fourth-order valence-electron chi connectivity index (χ4n) is 11.4. The SMILES string of the molecule is C1=CB2N(C=C1)B1C=C(c3nc(-c4cccc(-c5ccncc5)c4)nc(-c4cccc5ccccc45)n3)C=CN1B1C=C3C(=CN21)c1ccccc1C31c2ccccc2-c2ccccc21. The topological polar surface area (TPSA) is 61.3 Å². The van der Waals surface area contributed by atoms with Crippen molar-refractivity contribution in [3.63, 3.8) is 0 Å². The lowest BCUT2D eigenvalue weighted by Gasteiger charge is -2.54. The number of pyridine rings is 1. The first kappa shape index (κ1) is 36.3. The Hall–Kier alpha value is -8.23. The smallest absolute Gasteiger partial charge is 0.381 e. The molecule has 6 heterocycles. The van der Waals surface area contributed by atoms with E-state index in [1.807, 2.05) is 24.5 Å². The maximum Gasteiger partial charge on any atom is 0.381 e. The third kappa shape index (κ3) is 5.22. The minimum absolute atomic E-state index is 0.0245. The molecule has 0 unspecified atom stereocenters. The quantitative estimate of drug-likeness (QED) is 0.164. The van der Waals surface area contributed by atoms with Crippen LogP contribution in [0.4, 0.5) is 0 Å². The minimum Gasteiger partial charge on any atom is -0.423 e. The molecular weight excluding hydrogens is 791 g/mol. The van der Waals surface area contributed by atoms with Crippen molar-refractivity contribution in [3.05, 3.63) is 252 Å². The third-order valence-electron chi connectivity index (χ3n) is 14.2. The predicted octanol–water partition coefficient (Wildman–Crippen LogP) is 10.7. The van der Waals surface area contributed by atoms with Crippen molar-refractivity contribution < 1.29 is 0 Å². The molecular formula is C55H36B3N7. The number of nitrogens with zero attached hydrogens (tertiary/aromatic N) is 7. The van der Waals surface area contributed by atoms with Crippen LogP contribution in [0.3, 0.4) is 0 Å². The van der Waals surface area contributed by atoms with E-state index in [1.165, 1.54) is 44.5 Å². The van der Waals surface area contributed by atoms with Crippen molar-refractivity contribution in [3.8, 4) is 45.0 Å². The fraction of sp³-hybridized carbons (Fsp3) is 0.0182. The lowest BCUT2D eigenvalue weighted by Crippen LogP contribution is -2.73. The van der Waals surface area contributed by atoms with E-state index in [-0.39, 0.29) is 20.9 Å². The minimum atomic E-state index is -0.425. The van der Waals surface area contributed by atoms with Crippen LogP contribution in [0.25, 0.3) is 66.9 Å².